The fourth-order valence-electron chi connectivity index (χ4n) is 5.89. The number of pyridine rings is 1. The zero-order valence-corrected chi connectivity index (χ0v) is 26.2. The normalized spacial score (nSPS) is 14.4. The van der Waals surface area contributed by atoms with Crippen molar-refractivity contribution >= 4 is 22.6 Å². The number of hydrogen-bond donors (Lipinski definition) is 2. The molecule has 1 unspecified atom stereocenters. The summed E-state index contributed by atoms with van der Waals surface area (Å²) >= 11 is 0. The Morgan fingerprint density at radius 2 is 1.71 bits per heavy atom. The molecule has 0 saturated carbocycles. The number of anilines is 1. The molecule has 0 aliphatic carbocycles. The number of nitrogens with zero attached hydrogens (tertiary/aromatic N) is 4. The van der Waals surface area contributed by atoms with E-state index in [1.54, 1.807) is 7.11 Å². The van der Waals surface area contributed by atoms with Crippen LogP contribution in [0.25, 0.3) is 22.3 Å². The molecule has 1 aliphatic rings. The molecule has 0 radical (unpaired) electrons. The van der Waals surface area contributed by atoms with Gasteiger partial charge in [0.05, 0.1) is 32.6 Å². The van der Waals surface area contributed by atoms with Crippen LogP contribution in [0, 0.1) is 20.8 Å². The molecule has 2 aromatic heterocycles. The Bertz CT molecular complexity index is 1810. The Morgan fingerprint density at radius 3 is 2.42 bits per heavy atom. The van der Waals surface area contributed by atoms with E-state index >= 15 is 0 Å². The number of ether oxygens (including phenoxy) is 2. The monoisotopic (exact) mass is 605 g/mol. The molecule has 1 atom stereocenters. The fraction of sp³-hybridized carbons (Fsp3) is 0.306. The van der Waals surface area contributed by atoms with Gasteiger partial charge in [0.15, 0.2) is 5.65 Å². The third-order valence-corrected chi connectivity index (χ3v) is 8.22. The maximum atomic E-state index is 13.3. The van der Waals surface area contributed by atoms with Crippen LogP contribution in [-0.4, -0.2) is 70.6 Å². The number of fused-ring (bicyclic) bond motifs is 1. The Balaban J connectivity index is 1.35. The van der Waals surface area contributed by atoms with Gasteiger partial charge in [-0.2, -0.15) is 5.10 Å². The van der Waals surface area contributed by atoms with Crippen LogP contribution in [0.3, 0.4) is 0 Å². The lowest BCUT2D eigenvalue weighted by atomic mass is 10.0. The molecule has 1 fully saturated rings. The van der Waals surface area contributed by atoms with Crippen molar-refractivity contribution in [3.63, 3.8) is 0 Å². The van der Waals surface area contributed by atoms with Gasteiger partial charge in [-0.15, -0.1) is 0 Å². The predicted molar refractivity (Wildman–Crippen MR) is 176 cm³/mol. The Morgan fingerprint density at radius 1 is 0.978 bits per heavy atom. The van der Waals surface area contributed by atoms with Crippen molar-refractivity contribution in [2.24, 2.45) is 0 Å². The van der Waals surface area contributed by atoms with Crippen LogP contribution < -0.4 is 10.1 Å². The lowest BCUT2D eigenvalue weighted by molar-refractivity contribution is 0.0137. The quantitative estimate of drug-likeness (QED) is 0.222. The van der Waals surface area contributed by atoms with Crippen molar-refractivity contribution in [2.75, 3.05) is 45.3 Å². The molecule has 6 rings (SSSR count). The number of aliphatic hydroxyl groups excluding tert-OH is 1. The van der Waals surface area contributed by atoms with E-state index in [2.05, 4.69) is 16.3 Å². The molecule has 2 N–H and O–H groups in total. The molecule has 3 aromatic carbocycles. The molecule has 3 heterocycles. The van der Waals surface area contributed by atoms with Crippen LogP contribution in [-0.2, 0) is 11.3 Å². The third-order valence-electron chi connectivity index (χ3n) is 8.22. The van der Waals surface area contributed by atoms with Crippen molar-refractivity contribution in [2.45, 2.75) is 33.4 Å². The lowest BCUT2D eigenvalue weighted by Gasteiger charge is -2.28. The average molecular weight is 606 g/mol. The van der Waals surface area contributed by atoms with Crippen LogP contribution in [0.1, 0.15) is 44.4 Å². The minimum Gasteiger partial charge on any atom is -0.497 e. The standard InChI is InChI=1S/C36H39N5O4/c1-23-17-24(2)19-28(18-23)37-36(43)27-8-5-25(3)31(20-27)32-12-11-30-34(33(42)22-40-13-15-45-16-14-40)39-41(35(30)38-32)21-26-6-9-29(44-4)10-7-26/h5-12,17-20,33,42H,13-16,21-22H2,1-4H3,(H,37,43). The first-order valence-corrected chi connectivity index (χ1v) is 15.3. The summed E-state index contributed by atoms with van der Waals surface area (Å²) in [6, 6.07) is 23.5. The molecule has 232 valence electrons. The predicted octanol–water partition coefficient (Wildman–Crippen LogP) is 5.70. The number of aryl methyl sites for hydroxylation is 3. The summed E-state index contributed by atoms with van der Waals surface area (Å²) in [5.41, 5.74) is 8.38. The number of rotatable bonds is 9. The maximum absolute atomic E-state index is 13.3. The van der Waals surface area contributed by atoms with Gasteiger partial charge in [-0.1, -0.05) is 24.3 Å². The van der Waals surface area contributed by atoms with Gasteiger partial charge in [0.2, 0.25) is 0 Å². The number of amides is 1. The average Bonchev–Trinajstić information content (AvgIpc) is 3.39. The van der Waals surface area contributed by atoms with Crippen LogP contribution in [0.5, 0.6) is 5.75 Å². The van der Waals surface area contributed by atoms with Crippen LogP contribution in [0.2, 0.25) is 0 Å². The summed E-state index contributed by atoms with van der Waals surface area (Å²) in [4.78, 5) is 20.6. The number of methoxy groups -OCH3 is 1. The minimum atomic E-state index is -0.783. The molecular formula is C36H39N5O4. The Labute approximate surface area is 263 Å². The van der Waals surface area contributed by atoms with Crippen molar-refractivity contribution in [3.8, 4) is 17.0 Å². The number of hydrogen-bond acceptors (Lipinski definition) is 7. The van der Waals surface area contributed by atoms with E-state index in [0.717, 1.165) is 63.4 Å². The van der Waals surface area contributed by atoms with E-state index in [4.69, 9.17) is 19.6 Å². The number of nitrogens with one attached hydrogen (secondary N) is 1. The van der Waals surface area contributed by atoms with Gasteiger partial charge in [-0.3, -0.25) is 9.69 Å². The molecule has 45 heavy (non-hydrogen) atoms. The molecule has 5 aromatic rings. The van der Waals surface area contributed by atoms with E-state index in [0.29, 0.717) is 43.2 Å². The number of carbonyl (C=O) groups is 1. The van der Waals surface area contributed by atoms with Gasteiger partial charge in [-0.05, 0) is 91.6 Å². The number of aromatic nitrogens is 3. The summed E-state index contributed by atoms with van der Waals surface area (Å²) < 4.78 is 12.7. The number of β-amino-alcohol motifs (C(OH)–C–C–N with tert-alkyl or cyclic N) is 1. The summed E-state index contributed by atoms with van der Waals surface area (Å²) in [7, 11) is 1.65. The van der Waals surface area contributed by atoms with Gasteiger partial charge >= 0.3 is 0 Å². The van der Waals surface area contributed by atoms with Crippen molar-refractivity contribution < 1.29 is 19.4 Å². The van der Waals surface area contributed by atoms with Crippen molar-refractivity contribution in [1.82, 2.24) is 19.7 Å². The second-order valence-electron chi connectivity index (χ2n) is 11.7. The maximum Gasteiger partial charge on any atom is 0.255 e. The van der Waals surface area contributed by atoms with E-state index in [1.807, 2.05) is 92.2 Å². The number of carbonyl (C=O) groups excluding carboxylic acids is 1. The Hall–Kier alpha value is -4.57. The molecule has 0 spiro atoms. The highest BCUT2D eigenvalue weighted by Gasteiger charge is 2.23. The van der Waals surface area contributed by atoms with Gasteiger partial charge in [0.1, 0.15) is 17.5 Å². The highest BCUT2D eigenvalue weighted by Crippen LogP contribution is 2.30. The van der Waals surface area contributed by atoms with E-state index in [-0.39, 0.29) is 5.91 Å². The largest absolute Gasteiger partial charge is 0.497 e. The van der Waals surface area contributed by atoms with E-state index in [1.165, 1.54) is 0 Å². The van der Waals surface area contributed by atoms with Crippen LogP contribution in [0.4, 0.5) is 5.69 Å². The van der Waals surface area contributed by atoms with Gasteiger partial charge in [0, 0.05) is 41.8 Å². The zero-order valence-electron chi connectivity index (χ0n) is 26.2. The molecule has 1 amide bonds. The number of aliphatic hydroxyl groups is 1. The van der Waals surface area contributed by atoms with Crippen LogP contribution >= 0.6 is 0 Å². The summed E-state index contributed by atoms with van der Waals surface area (Å²) in [6.45, 7) is 9.85. The first-order chi connectivity index (χ1) is 21.8. The third kappa shape index (κ3) is 6.91. The molecular weight excluding hydrogens is 566 g/mol. The first-order valence-electron chi connectivity index (χ1n) is 15.3. The number of benzene rings is 3. The van der Waals surface area contributed by atoms with Gasteiger partial charge < -0.3 is 19.9 Å². The SMILES string of the molecule is COc1ccc(Cn2nc(C(O)CN3CCOCC3)c3ccc(-c4cc(C(=O)Nc5cc(C)cc(C)c5)ccc4C)nc32)cc1. The summed E-state index contributed by atoms with van der Waals surface area (Å²) in [5, 5.41) is 20.1. The fourth-order valence-corrected chi connectivity index (χ4v) is 5.89. The highest BCUT2D eigenvalue weighted by molar-refractivity contribution is 6.05. The van der Waals surface area contributed by atoms with Gasteiger partial charge in [-0.25, -0.2) is 9.67 Å². The summed E-state index contributed by atoms with van der Waals surface area (Å²) in [5.74, 6) is 0.600. The lowest BCUT2D eigenvalue weighted by Crippen LogP contribution is -2.38. The highest BCUT2D eigenvalue weighted by atomic mass is 16.5. The number of morpholine rings is 1. The first kappa shape index (κ1) is 30.5. The topological polar surface area (TPSA) is 102 Å². The smallest absolute Gasteiger partial charge is 0.255 e. The van der Waals surface area contributed by atoms with Gasteiger partial charge in [0.25, 0.3) is 5.91 Å². The zero-order chi connectivity index (χ0) is 31.5. The van der Waals surface area contributed by atoms with E-state index < -0.39 is 6.10 Å². The molecule has 1 aliphatic heterocycles. The molecule has 1 saturated heterocycles. The Kier molecular flexibility index (Phi) is 8.93. The van der Waals surface area contributed by atoms with Crippen LogP contribution in [0.15, 0.2) is 72.8 Å². The van der Waals surface area contributed by atoms with E-state index in [9.17, 15) is 9.90 Å². The van der Waals surface area contributed by atoms with Crippen molar-refractivity contribution in [1.29, 1.82) is 0 Å². The summed E-state index contributed by atoms with van der Waals surface area (Å²) in [6.07, 6.45) is -0.783. The molecule has 9 heteroatoms. The molecule has 0 bridgehead atoms. The van der Waals surface area contributed by atoms with Crippen molar-refractivity contribution in [3.05, 3.63) is 106 Å². The second-order valence-corrected chi connectivity index (χ2v) is 11.7. The minimum absolute atomic E-state index is 0.180. The second kappa shape index (κ2) is 13.2. The molecule has 9 nitrogen and oxygen atoms in total.